The molecule has 0 aliphatic carbocycles. The van der Waals surface area contributed by atoms with Crippen molar-refractivity contribution < 1.29 is 0 Å². The molecule has 2 atom stereocenters. The van der Waals surface area contributed by atoms with Gasteiger partial charge >= 0.3 is 0 Å². The molecule has 0 amide bonds. The van der Waals surface area contributed by atoms with E-state index in [4.69, 9.17) is 0 Å². The molecule has 2 heteroatoms. The molecule has 0 aliphatic rings. The Kier molecular flexibility index (Phi) is 16.2. The van der Waals surface area contributed by atoms with Crippen molar-refractivity contribution in [1.29, 1.82) is 0 Å². The number of rotatable bonds is 15. The van der Waals surface area contributed by atoms with E-state index in [1.165, 1.54) is 83.6 Å². The van der Waals surface area contributed by atoms with Gasteiger partial charge in [0.25, 0.3) is 0 Å². The van der Waals surface area contributed by atoms with Crippen LogP contribution in [0.4, 0.5) is 0 Å². The van der Waals surface area contributed by atoms with Gasteiger partial charge < -0.3 is 5.32 Å². The summed E-state index contributed by atoms with van der Waals surface area (Å²) < 4.78 is 0. The molecular formula is C18H38BrN. The molecule has 0 aromatic heterocycles. The van der Waals surface area contributed by atoms with Gasteiger partial charge in [0, 0.05) is 10.9 Å². The molecule has 0 radical (unpaired) electrons. The Morgan fingerprint density at radius 3 is 2.00 bits per heavy atom. The summed E-state index contributed by atoms with van der Waals surface area (Å²) in [5.74, 6) is 0. The van der Waals surface area contributed by atoms with Gasteiger partial charge in [-0.2, -0.15) is 0 Å². The summed E-state index contributed by atoms with van der Waals surface area (Å²) in [6.45, 7) is 8.06. The third-order valence-corrected chi connectivity index (χ3v) is 4.96. The highest BCUT2D eigenvalue weighted by molar-refractivity contribution is 9.09. The quantitative estimate of drug-likeness (QED) is 0.265. The van der Waals surface area contributed by atoms with Crippen LogP contribution in [-0.4, -0.2) is 17.4 Å². The summed E-state index contributed by atoms with van der Waals surface area (Å²) >= 11 is 3.81. The molecule has 0 spiro atoms. The van der Waals surface area contributed by atoms with Gasteiger partial charge in [-0.05, 0) is 38.6 Å². The lowest BCUT2D eigenvalue weighted by Gasteiger charge is -2.18. The second-order valence-electron chi connectivity index (χ2n) is 6.17. The van der Waals surface area contributed by atoms with Crippen molar-refractivity contribution in [3.05, 3.63) is 0 Å². The van der Waals surface area contributed by atoms with E-state index < -0.39 is 0 Å². The molecule has 1 nitrogen and oxygen atoms in total. The molecule has 0 aromatic rings. The maximum absolute atomic E-state index is 3.81. The lowest BCUT2D eigenvalue weighted by molar-refractivity contribution is 0.423. The van der Waals surface area contributed by atoms with Crippen molar-refractivity contribution >= 4 is 15.9 Å². The minimum absolute atomic E-state index is 0.761. The first kappa shape index (κ1) is 20.4. The Labute approximate surface area is 136 Å². The topological polar surface area (TPSA) is 12.0 Å². The molecule has 0 bridgehead atoms. The number of hydrogen-bond donors (Lipinski definition) is 1. The Hall–Kier alpha value is 0.440. The fourth-order valence-electron chi connectivity index (χ4n) is 2.68. The molecule has 0 heterocycles. The molecule has 2 unspecified atom stereocenters. The fourth-order valence-corrected chi connectivity index (χ4v) is 3.33. The SMILES string of the molecule is CCCCNC(CCC)CCCCCC(Br)CCCC. The average Bonchev–Trinajstić information content (AvgIpc) is 2.44. The molecule has 0 rings (SSSR count). The molecule has 0 aromatic carbocycles. The molecule has 1 N–H and O–H groups in total. The predicted octanol–water partition coefficient (Wildman–Crippen LogP) is 6.45. The van der Waals surface area contributed by atoms with Crippen LogP contribution in [0.15, 0.2) is 0 Å². The van der Waals surface area contributed by atoms with E-state index in [1.54, 1.807) is 0 Å². The molecule has 122 valence electrons. The lowest BCUT2D eigenvalue weighted by atomic mass is 10.0. The second kappa shape index (κ2) is 15.8. The van der Waals surface area contributed by atoms with Gasteiger partial charge in [-0.3, -0.25) is 0 Å². The van der Waals surface area contributed by atoms with Gasteiger partial charge in [0.1, 0.15) is 0 Å². The third kappa shape index (κ3) is 13.4. The van der Waals surface area contributed by atoms with Gasteiger partial charge in [-0.15, -0.1) is 0 Å². The molecule has 0 aliphatic heterocycles. The highest BCUT2D eigenvalue weighted by Gasteiger charge is 2.07. The first-order chi connectivity index (χ1) is 9.74. The van der Waals surface area contributed by atoms with Crippen LogP contribution in [0.5, 0.6) is 0 Å². The minimum atomic E-state index is 0.761. The molecule has 0 fully saturated rings. The predicted molar refractivity (Wildman–Crippen MR) is 96.9 cm³/mol. The van der Waals surface area contributed by atoms with E-state index in [-0.39, 0.29) is 0 Å². The van der Waals surface area contributed by atoms with Gasteiger partial charge in [0.2, 0.25) is 0 Å². The second-order valence-corrected chi connectivity index (χ2v) is 7.47. The summed E-state index contributed by atoms with van der Waals surface area (Å²) in [6.07, 6.45) is 16.3. The standard InChI is InChI=1S/C18H38BrN/c1-4-7-13-17(19)14-10-9-11-15-18(12-6-3)20-16-8-5-2/h17-18,20H,4-16H2,1-3H3. The summed E-state index contributed by atoms with van der Waals surface area (Å²) in [5, 5.41) is 3.74. The zero-order valence-electron chi connectivity index (χ0n) is 14.2. The van der Waals surface area contributed by atoms with Crippen LogP contribution in [0, 0.1) is 0 Å². The maximum atomic E-state index is 3.81. The summed E-state index contributed by atoms with van der Waals surface area (Å²) in [7, 11) is 0. The number of alkyl halides is 1. The van der Waals surface area contributed by atoms with Crippen molar-refractivity contribution in [3.8, 4) is 0 Å². The minimum Gasteiger partial charge on any atom is -0.314 e. The first-order valence-electron chi connectivity index (χ1n) is 9.11. The van der Waals surface area contributed by atoms with Crippen LogP contribution in [0.25, 0.3) is 0 Å². The van der Waals surface area contributed by atoms with Crippen LogP contribution in [0.3, 0.4) is 0 Å². The maximum Gasteiger partial charge on any atom is 0.0145 e. The smallest absolute Gasteiger partial charge is 0.0145 e. The largest absolute Gasteiger partial charge is 0.314 e. The Balaban J connectivity index is 3.51. The lowest BCUT2D eigenvalue weighted by Crippen LogP contribution is -2.29. The molecular weight excluding hydrogens is 310 g/mol. The van der Waals surface area contributed by atoms with Crippen molar-refractivity contribution in [2.75, 3.05) is 6.54 Å². The van der Waals surface area contributed by atoms with Crippen LogP contribution in [0.1, 0.15) is 97.8 Å². The van der Waals surface area contributed by atoms with Crippen LogP contribution < -0.4 is 5.32 Å². The number of nitrogens with one attached hydrogen (secondary N) is 1. The highest BCUT2D eigenvalue weighted by atomic mass is 79.9. The normalized spacial score (nSPS) is 14.4. The monoisotopic (exact) mass is 347 g/mol. The number of halogens is 1. The highest BCUT2D eigenvalue weighted by Crippen LogP contribution is 2.18. The molecule has 0 saturated heterocycles. The van der Waals surface area contributed by atoms with Crippen LogP contribution in [-0.2, 0) is 0 Å². The van der Waals surface area contributed by atoms with E-state index in [0.29, 0.717) is 0 Å². The third-order valence-electron chi connectivity index (χ3n) is 4.04. The van der Waals surface area contributed by atoms with Crippen LogP contribution >= 0.6 is 15.9 Å². The van der Waals surface area contributed by atoms with E-state index in [0.717, 1.165) is 10.9 Å². The summed E-state index contributed by atoms with van der Waals surface area (Å²) in [4.78, 5) is 0.761. The van der Waals surface area contributed by atoms with Crippen molar-refractivity contribution in [2.45, 2.75) is 109 Å². The molecule has 20 heavy (non-hydrogen) atoms. The van der Waals surface area contributed by atoms with Gasteiger partial charge in [0.15, 0.2) is 0 Å². The zero-order valence-corrected chi connectivity index (χ0v) is 15.8. The zero-order chi connectivity index (χ0) is 15.1. The number of unbranched alkanes of at least 4 members (excludes halogenated alkanes) is 4. The summed E-state index contributed by atoms with van der Waals surface area (Å²) in [6, 6.07) is 0.770. The van der Waals surface area contributed by atoms with Crippen molar-refractivity contribution in [1.82, 2.24) is 5.32 Å². The summed E-state index contributed by atoms with van der Waals surface area (Å²) in [5.41, 5.74) is 0. The Bertz CT molecular complexity index is 184. The van der Waals surface area contributed by atoms with Crippen molar-refractivity contribution in [3.63, 3.8) is 0 Å². The average molecular weight is 348 g/mol. The number of hydrogen-bond acceptors (Lipinski definition) is 1. The van der Waals surface area contributed by atoms with Gasteiger partial charge in [-0.1, -0.05) is 81.6 Å². The first-order valence-corrected chi connectivity index (χ1v) is 10.0. The fraction of sp³-hybridized carbons (Fsp3) is 1.00. The van der Waals surface area contributed by atoms with Crippen LogP contribution in [0.2, 0.25) is 0 Å². The van der Waals surface area contributed by atoms with E-state index in [2.05, 4.69) is 42.0 Å². The Morgan fingerprint density at radius 2 is 1.35 bits per heavy atom. The van der Waals surface area contributed by atoms with Gasteiger partial charge in [0.05, 0.1) is 0 Å². The van der Waals surface area contributed by atoms with Gasteiger partial charge in [-0.25, -0.2) is 0 Å². The van der Waals surface area contributed by atoms with E-state index >= 15 is 0 Å². The molecule has 0 saturated carbocycles. The Morgan fingerprint density at radius 1 is 0.700 bits per heavy atom. The van der Waals surface area contributed by atoms with E-state index in [9.17, 15) is 0 Å². The van der Waals surface area contributed by atoms with Crippen molar-refractivity contribution in [2.24, 2.45) is 0 Å². The van der Waals surface area contributed by atoms with E-state index in [1.807, 2.05) is 0 Å².